The Kier molecular flexibility index (Phi) is 2.44. The maximum atomic E-state index is 13.5. The highest BCUT2D eigenvalue weighted by atomic mass is 19.1. The topological polar surface area (TPSA) is 48.9 Å². The molecule has 0 aliphatic carbocycles. The highest BCUT2D eigenvalue weighted by molar-refractivity contribution is 5.99. The van der Waals surface area contributed by atoms with Crippen molar-refractivity contribution in [2.75, 3.05) is 0 Å². The summed E-state index contributed by atoms with van der Waals surface area (Å²) in [7, 11) is 0. The van der Waals surface area contributed by atoms with E-state index in [1.807, 2.05) is 36.4 Å². The molecule has 3 nitrogen and oxygen atoms in total. The number of hydrogen-bond donors (Lipinski definition) is 2. The first-order valence-electron chi connectivity index (χ1n) is 6.59. The summed E-state index contributed by atoms with van der Waals surface area (Å²) in [5.74, 6) is -0.345. The van der Waals surface area contributed by atoms with Gasteiger partial charge in [0.25, 0.3) is 0 Å². The molecule has 2 aromatic heterocycles. The van der Waals surface area contributed by atoms with Gasteiger partial charge in [0.1, 0.15) is 5.82 Å². The molecule has 0 fully saturated rings. The van der Waals surface area contributed by atoms with Crippen molar-refractivity contribution in [3.63, 3.8) is 0 Å². The van der Waals surface area contributed by atoms with E-state index in [4.69, 9.17) is 0 Å². The minimum absolute atomic E-state index is 0.00150. The van der Waals surface area contributed by atoms with Gasteiger partial charge in [0, 0.05) is 16.3 Å². The Balaban J connectivity index is 2.03. The van der Waals surface area contributed by atoms with Gasteiger partial charge < -0.3 is 10.1 Å². The number of fused-ring (bicyclic) bond motifs is 2. The molecule has 0 aliphatic heterocycles. The molecule has 0 saturated heterocycles. The van der Waals surface area contributed by atoms with Crippen LogP contribution in [0.5, 0.6) is 5.88 Å². The second-order valence-electron chi connectivity index (χ2n) is 4.93. The zero-order valence-corrected chi connectivity index (χ0v) is 11.0. The summed E-state index contributed by atoms with van der Waals surface area (Å²) in [5.41, 5.74) is 2.65. The van der Waals surface area contributed by atoms with E-state index in [0.717, 1.165) is 10.9 Å². The lowest BCUT2D eigenvalue weighted by Crippen LogP contribution is -1.85. The van der Waals surface area contributed by atoms with Crippen LogP contribution in [0.3, 0.4) is 0 Å². The first-order valence-corrected chi connectivity index (χ1v) is 6.59. The molecule has 2 aromatic carbocycles. The van der Waals surface area contributed by atoms with Crippen LogP contribution in [-0.2, 0) is 0 Å². The second-order valence-corrected chi connectivity index (χ2v) is 4.93. The van der Waals surface area contributed by atoms with Crippen LogP contribution in [0.1, 0.15) is 0 Å². The van der Waals surface area contributed by atoms with E-state index in [1.165, 1.54) is 12.1 Å². The van der Waals surface area contributed by atoms with Gasteiger partial charge in [-0.2, -0.15) is 0 Å². The Labute approximate surface area is 119 Å². The number of H-pyrrole nitrogens is 1. The SMILES string of the molecule is Oc1[nH]c2ccc(F)cc2c1-c1ccc2ccccc2n1. The standard InChI is InChI=1S/C17H11FN2O/c18-11-6-8-14-12(9-11)16(17(21)20-14)15-7-5-10-3-1-2-4-13(10)19-15/h1-9,20-21H. The lowest BCUT2D eigenvalue weighted by atomic mass is 10.1. The van der Waals surface area contributed by atoms with Crippen LogP contribution in [0.4, 0.5) is 4.39 Å². The average molecular weight is 278 g/mol. The summed E-state index contributed by atoms with van der Waals surface area (Å²) < 4.78 is 13.5. The van der Waals surface area contributed by atoms with Gasteiger partial charge in [-0.25, -0.2) is 9.37 Å². The van der Waals surface area contributed by atoms with E-state index in [9.17, 15) is 9.50 Å². The Bertz CT molecular complexity index is 975. The highest BCUT2D eigenvalue weighted by Crippen LogP contribution is 2.36. The van der Waals surface area contributed by atoms with Crippen LogP contribution in [0.25, 0.3) is 33.1 Å². The first kappa shape index (κ1) is 11.9. The number of aromatic amines is 1. The van der Waals surface area contributed by atoms with Crippen LogP contribution < -0.4 is 0 Å². The zero-order valence-electron chi connectivity index (χ0n) is 11.0. The summed E-state index contributed by atoms with van der Waals surface area (Å²) >= 11 is 0. The average Bonchev–Trinajstić information content (AvgIpc) is 2.82. The molecule has 0 amide bonds. The van der Waals surface area contributed by atoms with Crippen LogP contribution >= 0.6 is 0 Å². The number of para-hydroxylation sites is 1. The minimum Gasteiger partial charge on any atom is -0.494 e. The normalized spacial score (nSPS) is 11.3. The van der Waals surface area contributed by atoms with Gasteiger partial charge in [-0.1, -0.05) is 24.3 Å². The van der Waals surface area contributed by atoms with Crippen molar-refractivity contribution in [3.8, 4) is 17.1 Å². The van der Waals surface area contributed by atoms with Gasteiger partial charge in [0.15, 0.2) is 5.88 Å². The Morgan fingerprint density at radius 1 is 1.00 bits per heavy atom. The van der Waals surface area contributed by atoms with Crippen LogP contribution in [0.2, 0.25) is 0 Å². The van der Waals surface area contributed by atoms with E-state index in [0.29, 0.717) is 22.2 Å². The molecular formula is C17H11FN2O. The van der Waals surface area contributed by atoms with Gasteiger partial charge in [-0.3, -0.25) is 0 Å². The fourth-order valence-electron chi connectivity index (χ4n) is 2.61. The Hall–Kier alpha value is -2.88. The summed E-state index contributed by atoms with van der Waals surface area (Å²) in [6, 6.07) is 15.9. The first-order chi connectivity index (χ1) is 10.2. The van der Waals surface area contributed by atoms with Gasteiger partial charge in [-0.05, 0) is 30.3 Å². The molecule has 0 unspecified atom stereocenters. The summed E-state index contributed by atoms with van der Waals surface area (Å²) in [6.45, 7) is 0. The molecular weight excluding hydrogens is 267 g/mol. The summed E-state index contributed by atoms with van der Waals surface area (Å²) in [6.07, 6.45) is 0. The summed E-state index contributed by atoms with van der Waals surface area (Å²) in [5, 5.41) is 11.8. The van der Waals surface area contributed by atoms with Gasteiger partial charge >= 0.3 is 0 Å². The number of nitrogens with zero attached hydrogens (tertiary/aromatic N) is 1. The lowest BCUT2D eigenvalue weighted by molar-refractivity contribution is 0.460. The number of aromatic hydroxyl groups is 1. The molecule has 0 saturated carbocycles. The Morgan fingerprint density at radius 2 is 1.86 bits per heavy atom. The molecule has 0 spiro atoms. The fourth-order valence-corrected chi connectivity index (χ4v) is 2.61. The van der Waals surface area contributed by atoms with E-state index in [1.54, 1.807) is 6.07 Å². The highest BCUT2D eigenvalue weighted by Gasteiger charge is 2.15. The number of benzene rings is 2. The van der Waals surface area contributed by atoms with Crippen molar-refractivity contribution in [3.05, 3.63) is 60.4 Å². The third-order valence-corrected chi connectivity index (χ3v) is 3.60. The van der Waals surface area contributed by atoms with Gasteiger partial charge in [0.2, 0.25) is 0 Å². The number of hydrogen-bond acceptors (Lipinski definition) is 2. The number of halogens is 1. The van der Waals surface area contributed by atoms with Gasteiger partial charge in [-0.15, -0.1) is 0 Å². The minimum atomic E-state index is -0.344. The fraction of sp³-hybridized carbons (Fsp3) is 0. The Morgan fingerprint density at radius 3 is 2.76 bits per heavy atom. The molecule has 102 valence electrons. The molecule has 4 heteroatoms. The molecule has 0 aliphatic rings. The van der Waals surface area contributed by atoms with Crippen molar-refractivity contribution in [1.82, 2.24) is 9.97 Å². The zero-order chi connectivity index (χ0) is 14.4. The number of pyridine rings is 1. The van der Waals surface area contributed by atoms with Crippen molar-refractivity contribution in [2.24, 2.45) is 0 Å². The predicted molar refractivity (Wildman–Crippen MR) is 80.7 cm³/mol. The van der Waals surface area contributed by atoms with Crippen LogP contribution in [-0.4, -0.2) is 15.1 Å². The molecule has 0 atom stereocenters. The van der Waals surface area contributed by atoms with E-state index in [2.05, 4.69) is 9.97 Å². The third-order valence-electron chi connectivity index (χ3n) is 3.60. The summed E-state index contributed by atoms with van der Waals surface area (Å²) in [4.78, 5) is 7.41. The van der Waals surface area contributed by atoms with Crippen molar-refractivity contribution in [1.29, 1.82) is 0 Å². The smallest absolute Gasteiger partial charge is 0.199 e. The number of rotatable bonds is 1. The van der Waals surface area contributed by atoms with Crippen LogP contribution in [0, 0.1) is 5.82 Å². The largest absolute Gasteiger partial charge is 0.494 e. The molecule has 2 heterocycles. The molecule has 4 aromatic rings. The number of nitrogens with one attached hydrogen (secondary N) is 1. The quantitative estimate of drug-likeness (QED) is 0.547. The maximum absolute atomic E-state index is 13.5. The lowest BCUT2D eigenvalue weighted by Gasteiger charge is -2.03. The van der Waals surface area contributed by atoms with E-state index in [-0.39, 0.29) is 11.7 Å². The van der Waals surface area contributed by atoms with E-state index >= 15 is 0 Å². The third kappa shape index (κ3) is 1.84. The van der Waals surface area contributed by atoms with Crippen LogP contribution in [0.15, 0.2) is 54.6 Å². The van der Waals surface area contributed by atoms with Crippen molar-refractivity contribution < 1.29 is 9.50 Å². The molecule has 0 bridgehead atoms. The van der Waals surface area contributed by atoms with Crippen molar-refractivity contribution >= 4 is 21.8 Å². The second kappa shape index (κ2) is 4.31. The molecule has 0 radical (unpaired) electrons. The maximum Gasteiger partial charge on any atom is 0.199 e. The van der Waals surface area contributed by atoms with Gasteiger partial charge in [0.05, 0.1) is 16.8 Å². The van der Waals surface area contributed by atoms with Crippen molar-refractivity contribution in [2.45, 2.75) is 0 Å². The molecule has 21 heavy (non-hydrogen) atoms. The van der Waals surface area contributed by atoms with E-state index < -0.39 is 0 Å². The predicted octanol–water partition coefficient (Wildman–Crippen LogP) is 4.23. The molecule has 2 N–H and O–H groups in total. The monoisotopic (exact) mass is 278 g/mol. The molecule has 4 rings (SSSR count). The number of aromatic nitrogens is 2.